The first-order chi connectivity index (χ1) is 3.00. The van der Waals surface area contributed by atoms with E-state index >= 15 is 0 Å². The minimum absolute atomic E-state index is 0. The molecule has 0 atom stereocenters. The summed E-state index contributed by atoms with van der Waals surface area (Å²) in [6, 6.07) is 5.72. The standard InChI is InChI=1S/C5H5N.Pd/c1-2-4-6-5-3-1;/h1-5H;. The first-order valence-electron chi connectivity index (χ1n) is 1.85. The summed E-state index contributed by atoms with van der Waals surface area (Å²) >= 11 is 0. The molecule has 0 radical (unpaired) electrons. The van der Waals surface area contributed by atoms with Gasteiger partial charge in [-0.3, -0.25) is 4.98 Å². The molecule has 0 spiro atoms. The van der Waals surface area contributed by atoms with Crippen LogP contribution in [0.3, 0.4) is 0 Å². The van der Waals surface area contributed by atoms with E-state index in [1.54, 1.807) is 12.4 Å². The van der Waals surface area contributed by atoms with Crippen molar-refractivity contribution in [3.63, 3.8) is 0 Å². The fraction of sp³-hybridized carbons (Fsp3) is 0. The van der Waals surface area contributed by atoms with Crippen molar-refractivity contribution in [3.05, 3.63) is 30.6 Å². The van der Waals surface area contributed by atoms with Gasteiger partial charge in [0.15, 0.2) is 0 Å². The summed E-state index contributed by atoms with van der Waals surface area (Å²) in [4.78, 5) is 3.78. The van der Waals surface area contributed by atoms with Crippen LogP contribution in [0.25, 0.3) is 0 Å². The normalized spacial score (nSPS) is 6.86. The second kappa shape index (κ2) is 3.98. The number of aromatic nitrogens is 1. The Balaban J connectivity index is 0.000000360. The van der Waals surface area contributed by atoms with Gasteiger partial charge in [-0.2, -0.15) is 0 Å². The first-order valence-corrected chi connectivity index (χ1v) is 1.85. The Morgan fingerprint density at radius 1 is 0.857 bits per heavy atom. The van der Waals surface area contributed by atoms with Gasteiger partial charge in [0, 0.05) is 32.8 Å². The zero-order chi connectivity index (χ0) is 4.24. The molecule has 40 valence electrons. The van der Waals surface area contributed by atoms with Crippen molar-refractivity contribution >= 4 is 0 Å². The van der Waals surface area contributed by atoms with Crippen molar-refractivity contribution < 1.29 is 20.4 Å². The van der Waals surface area contributed by atoms with Crippen LogP contribution in [0.2, 0.25) is 0 Å². The van der Waals surface area contributed by atoms with Crippen LogP contribution in [0, 0.1) is 0 Å². The van der Waals surface area contributed by atoms with E-state index in [0.717, 1.165) is 0 Å². The molecule has 0 aliphatic carbocycles. The molecular formula is C5H5NPd. The van der Waals surface area contributed by atoms with E-state index < -0.39 is 0 Å². The van der Waals surface area contributed by atoms with Crippen molar-refractivity contribution in [1.82, 2.24) is 4.98 Å². The van der Waals surface area contributed by atoms with Gasteiger partial charge in [-0.05, 0) is 12.1 Å². The summed E-state index contributed by atoms with van der Waals surface area (Å²) in [7, 11) is 0. The van der Waals surface area contributed by atoms with Gasteiger partial charge in [0.1, 0.15) is 0 Å². The average Bonchev–Trinajstić information content (AvgIpc) is 1.72. The van der Waals surface area contributed by atoms with Crippen molar-refractivity contribution in [2.45, 2.75) is 0 Å². The molecule has 0 fully saturated rings. The molecule has 0 aliphatic rings. The molecule has 0 saturated heterocycles. The third kappa shape index (κ3) is 2.50. The predicted molar refractivity (Wildman–Crippen MR) is 24.2 cm³/mol. The quantitative estimate of drug-likeness (QED) is 0.551. The van der Waals surface area contributed by atoms with E-state index in [4.69, 9.17) is 0 Å². The van der Waals surface area contributed by atoms with E-state index in [1.165, 1.54) is 0 Å². The largest absolute Gasteiger partial charge is 0.265 e. The van der Waals surface area contributed by atoms with Gasteiger partial charge in [-0.15, -0.1) is 0 Å². The summed E-state index contributed by atoms with van der Waals surface area (Å²) in [5.74, 6) is 0. The summed E-state index contributed by atoms with van der Waals surface area (Å²) in [5, 5.41) is 0. The Kier molecular flexibility index (Phi) is 3.88. The molecule has 0 amide bonds. The molecule has 0 unspecified atom stereocenters. The van der Waals surface area contributed by atoms with Gasteiger partial charge < -0.3 is 0 Å². The summed E-state index contributed by atoms with van der Waals surface area (Å²) < 4.78 is 0. The Morgan fingerprint density at radius 2 is 1.43 bits per heavy atom. The fourth-order valence-corrected chi connectivity index (χ4v) is 0.313. The SMILES string of the molecule is [Pd].c1ccncc1. The number of hydrogen-bond donors (Lipinski definition) is 0. The van der Waals surface area contributed by atoms with Crippen LogP contribution in [0.5, 0.6) is 0 Å². The number of hydrogen-bond acceptors (Lipinski definition) is 1. The molecule has 7 heavy (non-hydrogen) atoms. The van der Waals surface area contributed by atoms with Crippen molar-refractivity contribution in [2.24, 2.45) is 0 Å². The smallest absolute Gasteiger partial charge is 0.0267 e. The van der Waals surface area contributed by atoms with Crippen LogP contribution in [0.15, 0.2) is 30.6 Å². The van der Waals surface area contributed by atoms with Crippen molar-refractivity contribution in [1.29, 1.82) is 0 Å². The summed E-state index contributed by atoms with van der Waals surface area (Å²) in [5.41, 5.74) is 0. The topological polar surface area (TPSA) is 12.9 Å². The number of nitrogens with zero attached hydrogens (tertiary/aromatic N) is 1. The first kappa shape index (κ1) is 6.81. The average molecular weight is 186 g/mol. The van der Waals surface area contributed by atoms with Gasteiger partial charge in [0.2, 0.25) is 0 Å². The van der Waals surface area contributed by atoms with Crippen molar-refractivity contribution in [3.8, 4) is 0 Å². The van der Waals surface area contributed by atoms with Crippen LogP contribution in [-0.4, -0.2) is 4.98 Å². The van der Waals surface area contributed by atoms with E-state index in [1.807, 2.05) is 18.2 Å². The predicted octanol–water partition coefficient (Wildman–Crippen LogP) is 1.08. The fourth-order valence-electron chi connectivity index (χ4n) is 0.313. The van der Waals surface area contributed by atoms with Crippen LogP contribution in [-0.2, 0) is 20.4 Å². The van der Waals surface area contributed by atoms with E-state index in [0.29, 0.717) is 0 Å². The molecule has 0 bridgehead atoms. The molecule has 0 aliphatic heterocycles. The van der Waals surface area contributed by atoms with Crippen LogP contribution in [0.1, 0.15) is 0 Å². The zero-order valence-electron chi connectivity index (χ0n) is 3.65. The Labute approximate surface area is 56.4 Å². The second-order valence-electron chi connectivity index (χ2n) is 1.02. The molecule has 1 heterocycles. The molecule has 1 aromatic heterocycles. The molecule has 1 rings (SSSR count). The summed E-state index contributed by atoms with van der Waals surface area (Å²) in [6.45, 7) is 0. The third-order valence-corrected chi connectivity index (χ3v) is 0.566. The van der Waals surface area contributed by atoms with Crippen LogP contribution >= 0.6 is 0 Å². The molecular weight excluding hydrogens is 180 g/mol. The van der Waals surface area contributed by atoms with Crippen LogP contribution < -0.4 is 0 Å². The number of rotatable bonds is 0. The number of pyridine rings is 1. The molecule has 1 aromatic rings. The molecule has 0 N–H and O–H groups in total. The van der Waals surface area contributed by atoms with Crippen molar-refractivity contribution in [2.75, 3.05) is 0 Å². The molecule has 0 saturated carbocycles. The van der Waals surface area contributed by atoms with Gasteiger partial charge >= 0.3 is 0 Å². The molecule has 2 heteroatoms. The molecule has 1 nitrogen and oxygen atoms in total. The van der Waals surface area contributed by atoms with Gasteiger partial charge in [-0.1, -0.05) is 6.07 Å². The minimum Gasteiger partial charge on any atom is -0.265 e. The monoisotopic (exact) mass is 185 g/mol. The second-order valence-corrected chi connectivity index (χ2v) is 1.02. The van der Waals surface area contributed by atoms with E-state index in [9.17, 15) is 0 Å². The minimum atomic E-state index is 0. The third-order valence-electron chi connectivity index (χ3n) is 0.566. The van der Waals surface area contributed by atoms with E-state index in [-0.39, 0.29) is 20.4 Å². The zero-order valence-corrected chi connectivity index (χ0v) is 5.20. The van der Waals surface area contributed by atoms with Gasteiger partial charge in [0.25, 0.3) is 0 Å². The summed E-state index contributed by atoms with van der Waals surface area (Å²) in [6.07, 6.45) is 3.50. The Bertz CT molecular complexity index is 80.0. The van der Waals surface area contributed by atoms with E-state index in [2.05, 4.69) is 4.98 Å². The van der Waals surface area contributed by atoms with Crippen LogP contribution in [0.4, 0.5) is 0 Å². The molecule has 0 aromatic carbocycles. The maximum Gasteiger partial charge on any atom is 0.0267 e. The van der Waals surface area contributed by atoms with Gasteiger partial charge in [0.05, 0.1) is 0 Å². The maximum atomic E-state index is 3.78. The van der Waals surface area contributed by atoms with Gasteiger partial charge in [-0.25, -0.2) is 0 Å². The Morgan fingerprint density at radius 3 is 1.57 bits per heavy atom. The Hall–Kier alpha value is -0.188. The maximum absolute atomic E-state index is 3.78.